The topological polar surface area (TPSA) is 63.3 Å². The van der Waals surface area contributed by atoms with Gasteiger partial charge in [0.2, 0.25) is 0 Å². The number of ketones is 1. The Balaban J connectivity index is 0.000000299. The Hall–Kier alpha value is -2.75. The number of nitrogens with zero attached hydrogens (tertiary/aromatic N) is 1. The number of carbonyl (C=O) groups is 1. The molecular formula is C26H24IrNO3-. The average molecular weight is 591 g/mol. The zero-order valence-corrected chi connectivity index (χ0v) is 20.0. The van der Waals surface area contributed by atoms with Crippen LogP contribution in [0.4, 0.5) is 0 Å². The summed E-state index contributed by atoms with van der Waals surface area (Å²) >= 11 is 0. The van der Waals surface area contributed by atoms with Crippen LogP contribution in [0.1, 0.15) is 38.0 Å². The molecular weight excluding hydrogens is 567 g/mol. The van der Waals surface area contributed by atoms with Gasteiger partial charge in [-0.25, -0.2) is 0 Å². The molecule has 4 nitrogen and oxygen atoms in total. The van der Waals surface area contributed by atoms with Crippen LogP contribution in [0.3, 0.4) is 0 Å². The van der Waals surface area contributed by atoms with E-state index in [1.807, 2.05) is 18.3 Å². The van der Waals surface area contributed by atoms with Crippen LogP contribution in [0.2, 0.25) is 0 Å². The van der Waals surface area contributed by atoms with Gasteiger partial charge in [-0.2, -0.15) is 0 Å². The number of aryl methyl sites for hydroxylation is 2. The van der Waals surface area contributed by atoms with Gasteiger partial charge in [0, 0.05) is 38.8 Å². The van der Waals surface area contributed by atoms with E-state index in [0.717, 1.165) is 40.8 Å². The van der Waals surface area contributed by atoms with Crippen molar-refractivity contribution in [3.8, 4) is 11.3 Å². The maximum atomic E-state index is 10.0. The fraction of sp³-hybridized carbons (Fsp3) is 0.231. The van der Waals surface area contributed by atoms with Crippen molar-refractivity contribution in [1.29, 1.82) is 0 Å². The Bertz CT molecular complexity index is 1250. The molecule has 0 amide bonds. The van der Waals surface area contributed by atoms with Gasteiger partial charge in [0.25, 0.3) is 0 Å². The fourth-order valence-corrected chi connectivity index (χ4v) is 3.93. The summed E-state index contributed by atoms with van der Waals surface area (Å²) in [5, 5.41) is 12.0. The standard InChI is InChI=1S/C21H16NO.C5H8O2.Ir/c1-2-7-15-13-22-19(12-14(15)6-1)18-10-5-9-17-16-8-3-4-11-20(16)23-21(17)18;1-4(6)3-5(2)7;/h1-2,5-7,9,12-13H,3-4,8,11H2;3,6H,1-2H3;/q-1;;/b;4-3-;. The molecule has 1 aliphatic carbocycles. The number of aliphatic hydroxyl groups excluding tert-OH is 1. The van der Waals surface area contributed by atoms with Crippen LogP contribution in [0.15, 0.2) is 64.9 Å². The van der Waals surface area contributed by atoms with Crippen LogP contribution in [-0.4, -0.2) is 15.9 Å². The number of pyridine rings is 1. The number of rotatable bonds is 2. The number of hydrogen-bond acceptors (Lipinski definition) is 4. The van der Waals surface area contributed by atoms with Gasteiger partial charge in [-0.15, -0.1) is 18.2 Å². The molecule has 1 N–H and O–H groups in total. The zero-order chi connectivity index (χ0) is 21.1. The third-order valence-corrected chi connectivity index (χ3v) is 5.22. The van der Waals surface area contributed by atoms with Crippen LogP contribution in [0.5, 0.6) is 0 Å². The van der Waals surface area contributed by atoms with Gasteiger partial charge in [0.05, 0.1) is 17.1 Å². The molecule has 0 bridgehead atoms. The molecule has 1 radical (unpaired) electrons. The monoisotopic (exact) mass is 591 g/mol. The summed E-state index contributed by atoms with van der Waals surface area (Å²) < 4.78 is 6.22. The summed E-state index contributed by atoms with van der Waals surface area (Å²) in [5.41, 5.74) is 4.24. The molecule has 1 aliphatic rings. The van der Waals surface area contributed by atoms with Crippen molar-refractivity contribution in [3.63, 3.8) is 0 Å². The van der Waals surface area contributed by atoms with E-state index in [1.165, 1.54) is 49.1 Å². The molecule has 0 atom stereocenters. The third kappa shape index (κ3) is 5.12. The quantitative estimate of drug-likeness (QED) is 0.168. The summed E-state index contributed by atoms with van der Waals surface area (Å²) in [6.45, 7) is 2.85. The SMILES string of the molecule is CC(=O)/C=C(/C)O.[Ir].[c-]1ccc2c3c(oc2c1-c1cc2ccccc2cn1)CCCC3. The second-order valence-electron chi connectivity index (χ2n) is 7.62. The van der Waals surface area contributed by atoms with E-state index in [1.54, 1.807) is 0 Å². The fourth-order valence-electron chi connectivity index (χ4n) is 3.93. The molecule has 0 fully saturated rings. The van der Waals surface area contributed by atoms with Gasteiger partial charge in [0.1, 0.15) is 0 Å². The van der Waals surface area contributed by atoms with Crippen LogP contribution < -0.4 is 0 Å². The first-order valence-electron chi connectivity index (χ1n) is 10.2. The molecule has 5 rings (SSSR count). The Labute approximate surface area is 195 Å². The summed E-state index contributed by atoms with van der Waals surface area (Å²) in [6, 6.07) is 17.9. The molecule has 161 valence electrons. The first-order valence-corrected chi connectivity index (χ1v) is 10.2. The van der Waals surface area contributed by atoms with Crippen LogP contribution >= 0.6 is 0 Å². The molecule has 0 saturated carbocycles. The van der Waals surface area contributed by atoms with Gasteiger partial charge in [0.15, 0.2) is 5.78 Å². The van der Waals surface area contributed by atoms with E-state index < -0.39 is 0 Å². The van der Waals surface area contributed by atoms with Crippen molar-refractivity contribution in [2.45, 2.75) is 39.5 Å². The van der Waals surface area contributed by atoms with Gasteiger partial charge in [-0.3, -0.25) is 4.79 Å². The third-order valence-electron chi connectivity index (χ3n) is 5.22. The minimum atomic E-state index is -0.125. The zero-order valence-electron chi connectivity index (χ0n) is 17.6. The number of fused-ring (bicyclic) bond motifs is 4. The molecule has 4 aromatic rings. The predicted molar refractivity (Wildman–Crippen MR) is 119 cm³/mol. The van der Waals surface area contributed by atoms with Crippen LogP contribution in [0, 0.1) is 6.07 Å². The van der Waals surface area contributed by atoms with Crippen molar-refractivity contribution in [3.05, 3.63) is 77.9 Å². The molecule has 0 spiro atoms. The molecule has 0 aliphatic heterocycles. The van der Waals surface area contributed by atoms with Gasteiger partial charge < -0.3 is 14.5 Å². The number of aliphatic hydroxyl groups is 1. The first-order chi connectivity index (χ1) is 14.5. The Morgan fingerprint density at radius 2 is 1.87 bits per heavy atom. The van der Waals surface area contributed by atoms with Gasteiger partial charge in [-0.1, -0.05) is 41.3 Å². The van der Waals surface area contributed by atoms with Crippen molar-refractivity contribution >= 4 is 27.5 Å². The van der Waals surface area contributed by atoms with Crippen molar-refractivity contribution < 1.29 is 34.4 Å². The smallest absolute Gasteiger partial charge is 0.155 e. The molecule has 2 aromatic heterocycles. The van der Waals surface area contributed by atoms with Crippen LogP contribution in [-0.2, 0) is 37.7 Å². The normalized spacial score (nSPS) is 13.2. The molecule has 0 saturated heterocycles. The van der Waals surface area contributed by atoms with Crippen molar-refractivity contribution in [2.24, 2.45) is 0 Å². The number of carbonyl (C=O) groups excluding carboxylic acids is 1. The second-order valence-corrected chi connectivity index (χ2v) is 7.62. The molecule has 5 heteroatoms. The van der Waals surface area contributed by atoms with E-state index in [0.29, 0.717) is 0 Å². The Morgan fingerprint density at radius 3 is 2.58 bits per heavy atom. The predicted octanol–water partition coefficient (Wildman–Crippen LogP) is 6.36. The van der Waals surface area contributed by atoms with Crippen molar-refractivity contribution in [2.75, 3.05) is 0 Å². The summed E-state index contributed by atoms with van der Waals surface area (Å²) in [6.07, 6.45) is 7.75. The molecule has 2 heterocycles. The van der Waals surface area contributed by atoms with E-state index in [4.69, 9.17) is 9.52 Å². The van der Waals surface area contributed by atoms with Gasteiger partial charge >= 0.3 is 0 Å². The van der Waals surface area contributed by atoms with Crippen LogP contribution in [0.25, 0.3) is 33.0 Å². The van der Waals surface area contributed by atoms with Crippen molar-refractivity contribution in [1.82, 2.24) is 4.98 Å². The number of allylic oxidation sites excluding steroid dienone is 2. The minimum Gasteiger partial charge on any atom is -0.512 e. The second kappa shape index (κ2) is 10.0. The van der Waals surface area contributed by atoms with E-state index >= 15 is 0 Å². The maximum Gasteiger partial charge on any atom is 0.155 e. The molecule has 2 aromatic carbocycles. The summed E-state index contributed by atoms with van der Waals surface area (Å²) in [5.74, 6) is 1.10. The van der Waals surface area contributed by atoms with E-state index in [2.05, 4.69) is 41.4 Å². The Morgan fingerprint density at radius 1 is 1.13 bits per heavy atom. The van der Waals surface area contributed by atoms with E-state index in [-0.39, 0.29) is 31.6 Å². The number of benzene rings is 2. The molecule has 0 unspecified atom stereocenters. The minimum absolute atomic E-state index is 0. The maximum absolute atomic E-state index is 10.0. The largest absolute Gasteiger partial charge is 0.512 e. The number of hydrogen-bond donors (Lipinski definition) is 1. The Kier molecular flexibility index (Phi) is 7.42. The van der Waals surface area contributed by atoms with Gasteiger partial charge in [-0.05, 0) is 55.1 Å². The number of furan rings is 1. The first kappa shape index (κ1) is 22.9. The summed E-state index contributed by atoms with van der Waals surface area (Å²) in [4.78, 5) is 14.7. The number of aromatic nitrogens is 1. The van der Waals surface area contributed by atoms with E-state index in [9.17, 15) is 4.79 Å². The molecule has 31 heavy (non-hydrogen) atoms. The average Bonchev–Trinajstić information content (AvgIpc) is 3.12. The summed E-state index contributed by atoms with van der Waals surface area (Å²) in [7, 11) is 0.